The highest BCUT2D eigenvalue weighted by Gasteiger charge is 2.01. The second-order valence-corrected chi connectivity index (χ2v) is 2.21. The first-order valence-corrected chi connectivity index (χ1v) is 3.08. The molecule has 0 aliphatic carbocycles. The molecule has 0 amide bonds. The van der Waals surface area contributed by atoms with Gasteiger partial charge in [-0.15, -0.1) is 0 Å². The number of aromatic amines is 1. The van der Waals surface area contributed by atoms with Crippen molar-refractivity contribution >= 4 is 11.2 Å². The fourth-order valence-corrected chi connectivity index (χ4v) is 0.924. The van der Waals surface area contributed by atoms with E-state index in [1.165, 1.54) is 12.7 Å². The van der Waals surface area contributed by atoms with Gasteiger partial charge in [-0.3, -0.25) is 4.79 Å². The van der Waals surface area contributed by atoms with E-state index >= 15 is 0 Å². The first kappa shape index (κ1) is 5.06. The standard InChI is InChI=1S/C6H6N4O/c1-10-3-9-6(11)4-5(10)8-2-7-4/h2-3H,1H3,(H,7,8)/i/hD. The highest BCUT2D eigenvalue weighted by molar-refractivity contribution is 5.68. The van der Waals surface area contributed by atoms with Crippen LogP contribution in [0.5, 0.6) is 0 Å². The molecule has 0 aliphatic rings. The number of aromatic nitrogens is 4. The van der Waals surface area contributed by atoms with Gasteiger partial charge in [-0.1, -0.05) is 0 Å². The van der Waals surface area contributed by atoms with Gasteiger partial charge in [-0.2, -0.15) is 4.98 Å². The third-order valence-electron chi connectivity index (χ3n) is 1.46. The Balaban J connectivity index is 3.09. The molecule has 0 saturated carbocycles. The zero-order chi connectivity index (χ0) is 8.72. The first-order valence-electron chi connectivity index (χ1n) is 3.53. The van der Waals surface area contributed by atoms with Crippen molar-refractivity contribution in [1.29, 1.82) is 0 Å². The van der Waals surface area contributed by atoms with Crippen LogP contribution in [0.15, 0.2) is 17.4 Å². The Morgan fingerprint density at radius 3 is 3.27 bits per heavy atom. The third kappa shape index (κ3) is 0.739. The van der Waals surface area contributed by atoms with Gasteiger partial charge in [0.25, 0.3) is 0 Å². The van der Waals surface area contributed by atoms with E-state index in [1.54, 1.807) is 11.6 Å². The number of nitrogens with one attached hydrogen (secondary N) is 1. The first-order chi connectivity index (χ1) is 5.70. The molecule has 5 nitrogen and oxygen atoms in total. The van der Waals surface area contributed by atoms with Gasteiger partial charge in [0.05, 0.1) is 6.33 Å². The molecule has 2 aromatic rings. The lowest BCUT2D eigenvalue weighted by Gasteiger charge is -1.94. The Hall–Kier alpha value is -1.65. The molecule has 1 N–H and O–H groups in total. The van der Waals surface area contributed by atoms with Gasteiger partial charge in [-0.05, 0) is 0 Å². The summed E-state index contributed by atoms with van der Waals surface area (Å²) < 4.78 is 8.93. The number of rotatable bonds is 0. The number of aryl methyl sites for hydroxylation is 1. The van der Waals surface area contributed by atoms with Gasteiger partial charge in [0.1, 0.15) is 12.0 Å². The predicted molar refractivity (Wildman–Crippen MR) is 39.1 cm³/mol. The Bertz CT molecular complexity index is 486. The average molecular weight is 151 g/mol. The van der Waals surface area contributed by atoms with Crippen molar-refractivity contribution in [3.63, 3.8) is 0 Å². The van der Waals surface area contributed by atoms with Gasteiger partial charge in [-0.25, -0.2) is 4.98 Å². The second-order valence-electron chi connectivity index (χ2n) is 2.21. The summed E-state index contributed by atoms with van der Waals surface area (Å²) in [4.78, 5) is 19.4. The molecule has 0 spiro atoms. The average Bonchev–Trinajstić information content (AvgIpc) is 2.42. The Morgan fingerprint density at radius 2 is 2.55 bits per heavy atom. The molecule has 0 aromatic carbocycles. The Kier molecular flexibility index (Phi) is 0.881. The topological polar surface area (TPSA) is 63.6 Å². The molecule has 0 saturated heterocycles. The largest absolute Gasteiger partial charge is 0.330 e. The maximum Gasteiger partial charge on any atom is 0.300 e. The van der Waals surface area contributed by atoms with E-state index in [0.717, 1.165) is 4.98 Å². The summed E-state index contributed by atoms with van der Waals surface area (Å²) >= 11 is 0. The summed E-state index contributed by atoms with van der Waals surface area (Å²) in [5.74, 6) is 0. The number of hydrogen-bond acceptors (Lipinski definition) is 3. The molecular weight excluding hydrogens is 144 g/mol. The van der Waals surface area contributed by atoms with Crippen LogP contribution in [0.25, 0.3) is 11.2 Å². The lowest BCUT2D eigenvalue weighted by atomic mass is 10.5. The second kappa shape index (κ2) is 1.91. The summed E-state index contributed by atoms with van der Waals surface area (Å²) in [6, 6.07) is 0. The SMILES string of the molecule is [2H]n1cnc2c(=O)ncn(C)c21. The minimum atomic E-state index is -0.394. The quantitative estimate of drug-likeness (QED) is 0.560. The summed E-state index contributed by atoms with van der Waals surface area (Å²) in [6.45, 7) is 0. The highest BCUT2D eigenvalue weighted by Crippen LogP contribution is 1.98. The Labute approximate surface area is 63.2 Å². The molecular formula is C6H6N4O. The number of H-pyrrole nitrogens is 1. The van der Waals surface area contributed by atoms with E-state index in [2.05, 4.69) is 9.97 Å². The minimum absolute atomic E-state index is 0.231. The summed E-state index contributed by atoms with van der Waals surface area (Å²) in [5.41, 5.74) is 0.291. The molecule has 0 radical (unpaired) electrons. The number of fused-ring (bicyclic) bond motifs is 1. The third-order valence-corrected chi connectivity index (χ3v) is 1.46. The highest BCUT2D eigenvalue weighted by atomic mass is 16.1. The molecule has 0 atom stereocenters. The van der Waals surface area contributed by atoms with Crippen LogP contribution < -0.4 is 5.56 Å². The monoisotopic (exact) mass is 151 g/mol. The van der Waals surface area contributed by atoms with Crippen LogP contribution in [0.3, 0.4) is 0 Å². The van der Waals surface area contributed by atoms with Crippen molar-refractivity contribution in [3.8, 4) is 0 Å². The van der Waals surface area contributed by atoms with Crippen LogP contribution in [0, 0.1) is 0 Å². The smallest absolute Gasteiger partial charge is 0.300 e. The van der Waals surface area contributed by atoms with Gasteiger partial charge in [0.2, 0.25) is 0 Å². The van der Waals surface area contributed by atoms with Crippen molar-refractivity contribution < 1.29 is 1.41 Å². The minimum Gasteiger partial charge on any atom is -0.330 e. The lowest BCUT2D eigenvalue weighted by molar-refractivity contribution is 0.888. The van der Waals surface area contributed by atoms with E-state index in [0.29, 0.717) is 5.65 Å². The van der Waals surface area contributed by atoms with Crippen molar-refractivity contribution in [2.45, 2.75) is 0 Å². The van der Waals surface area contributed by atoms with Gasteiger partial charge < -0.3 is 9.54 Å². The molecule has 0 bridgehead atoms. The van der Waals surface area contributed by atoms with Crippen LogP contribution >= 0.6 is 0 Å². The summed E-state index contributed by atoms with van der Waals surface area (Å²) in [5, 5.41) is 0. The van der Waals surface area contributed by atoms with Crippen molar-refractivity contribution in [3.05, 3.63) is 23.0 Å². The number of hydrogen-bond donors (Lipinski definition) is 1. The lowest BCUT2D eigenvalue weighted by Crippen LogP contribution is -2.09. The van der Waals surface area contributed by atoms with Crippen LogP contribution in [-0.2, 0) is 7.05 Å². The molecule has 5 heteroatoms. The Morgan fingerprint density at radius 1 is 1.73 bits per heavy atom. The normalized spacial score (nSPS) is 11.9. The van der Waals surface area contributed by atoms with Crippen LogP contribution in [0.2, 0.25) is 1.41 Å². The predicted octanol–water partition coefficient (Wildman–Crippen LogP) is -0.343. The van der Waals surface area contributed by atoms with Crippen molar-refractivity contribution in [2.24, 2.45) is 7.05 Å². The maximum atomic E-state index is 11.1. The number of imidazole rings is 1. The van der Waals surface area contributed by atoms with E-state index in [9.17, 15) is 4.79 Å². The zero-order valence-electron chi connectivity index (χ0n) is 6.85. The molecule has 2 rings (SSSR count). The van der Waals surface area contributed by atoms with Crippen LogP contribution in [0.4, 0.5) is 0 Å². The molecule has 0 aliphatic heterocycles. The molecule has 2 heterocycles. The van der Waals surface area contributed by atoms with E-state index < -0.39 is 5.56 Å². The number of nitrogens with zero attached hydrogens (tertiary/aromatic N) is 3. The van der Waals surface area contributed by atoms with E-state index in [1.807, 2.05) is 0 Å². The molecule has 56 valence electrons. The molecule has 0 fully saturated rings. The molecule has 2 aromatic heterocycles. The van der Waals surface area contributed by atoms with Gasteiger partial charge >= 0.3 is 5.56 Å². The summed E-state index contributed by atoms with van der Waals surface area (Å²) in [6.07, 6.45) is 2.64. The van der Waals surface area contributed by atoms with Crippen LogP contribution in [0.1, 0.15) is 0 Å². The maximum absolute atomic E-state index is 11.1. The van der Waals surface area contributed by atoms with Crippen LogP contribution in [-0.4, -0.2) is 19.5 Å². The van der Waals surface area contributed by atoms with E-state index in [4.69, 9.17) is 1.41 Å². The van der Waals surface area contributed by atoms with Gasteiger partial charge in [0.15, 0.2) is 6.93 Å². The summed E-state index contributed by atoms with van der Waals surface area (Å²) in [7, 11) is 1.71. The zero-order valence-corrected chi connectivity index (χ0v) is 5.85. The fourth-order valence-electron chi connectivity index (χ4n) is 0.924. The van der Waals surface area contributed by atoms with Crippen molar-refractivity contribution in [1.82, 2.24) is 19.5 Å². The molecule has 0 unspecified atom stereocenters. The fraction of sp³-hybridized carbons (Fsp3) is 0.167. The van der Waals surface area contributed by atoms with Crippen molar-refractivity contribution in [2.75, 3.05) is 0 Å². The molecule has 11 heavy (non-hydrogen) atoms. The van der Waals surface area contributed by atoms with E-state index in [-0.39, 0.29) is 5.52 Å². The van der Waals surface area contributed by atoms with Gasteiger partial charge in [0, 0.05) is 7.05 Å².